The van der Waals surface area contributed by atoms with E-state index in [9.17, 15) is 8.78 Å². The van der Waals surface area contributed by atoms with Crippen LogP contribution in [0.25, 0.3) is 0 Å². The van der Waals surface area contributed by atoms with Crippen molar-refractivity contribution < 1.29 is 23.0 Å². The Kier molecular flexibility index (Phi) is 3.52. The third-order valence-corrected chi connectivity index (χ3v) is 3.90. The number of hydrogen-bond acceptors (Lipinski definition) is 4. The standard InChI is InChI=1S/C14H17F2NO3/c1-18-13-9-11(16)10(15)8-12(13)17-4-2-14(3-5-17)19-6-7-20-14/h8-9H,2-7H2,1H3. The highest BCUT2D eigenvalue weighted by atomic mass is 19.2. The van der Waals surface area contributed by atoms with Gasteiger partial charge in [-0.05, 0) is 0 Å². The summed E-state index contributed by atoms with van der Waals surface area (Å²) in [6.07, 6.45) is 1.41. The summed E-state index contributed by atoms with van der Waals surface area (Å²) in [5, 5.41) is 0. The average molecular weight is 285 g/mol. The number of halogens is 2. The summed E-state index contributed by atoms with van der Waals surface area (Å²) in [4.78, 5) is 1.97. The fourth-order valence-electron chi connectivity index (χ4n) is 2.80. The Hall–Kier alpha value is -1.40. The summed E-state index contributed by atoms with van der Waals surface area (Å²) < 4.78 is 43.1. The van der Waals surface area contributed by atoms with Gasteiger partial charge >= 0.3 is 0 Å². The van der Waals surface area contributed by atoms with Crippen molar-refractivity contribution in [3.8, 4) is 5.75 Å². The van der Waals surface area contributed by atoms with Crippen molar-refractivity contribution >= 4 is 5.69 Å². The maximum atomic E-state index is 13.4. The largest absolute Gasteiger partial charge is 0.494 e. The van der Waals surface area contributed by atoms with E-state index in [0.717, 1.165) is 6.07 Å². The molecule has 2 heterocycles. The van der Waals surface area contributed by atoms with E-state index in [2.05, 4.69) is 0 Å². The molecule has 0 bridgehead atoms. The Bertz CT molecular complexity index is 493. The molecule has 6 heteroatoms. The molecule has 2 fully saturated rings. The van der Waals surface area contributed by atoms with Gasteiger partial charge in [-0.2, -0.15) is 0 Å². The highest BCUT2D eigenvalue weighted by Crippen LogP contribution is 2.37. The number of benzene rings is 1. The topological polar surface area (TPSA) is 30.9 Å². The lowest BCUT2D eigenvalue weighted by Gasteiger charge is -2.39. The molecular formula is C14H17F2NO3. The van der Waals surface area contributed by atoms with Crippen molar-refractivity contribution in [2.24, 2.45) is 0 Å². The lowest BCUT2D eigenvalue weighted by molar-refractivity contribution is -0.169. The van der Waals surface area contributed by atoms with Crippen molar-refractivity contribution in [1.82, 2.24) is 0 Å². The van der Waals surface area contributed by atoms with Crippen molar-refractivity contribution in [3.63, 3.8) is 0 Å². The maximum absolute atomic E-state index is 13.4. The molecule has 0 aliphatic carbocycles. The maximum Gasteiger partial charge on any atom is 0.171 e. The first-order valence-electron chi connectivity index (χ1n) is 6.69. The SMILES string of the molecule is COc1cc(F)c(F)cc1N1CCC2(CC1)OCCO2. The fourth-order valence-corrected chi connectivity index (χ4v) is 2.80. The molecule has 20 heavy (non-hydrogen) atoms. The van der Waals surface area contributed by atoms with Crippen molar-refractivity contribution in [1.29, 1.82) is 0 Å². The second-order valence-corrected chi connectivity index (χ2v) is 5.03. The van der Waals surface area contributed by atoms with Gasteiger partial charge in [0.15, 0.2) is 17.4 Å². The predicted molar refractivity (Wildman–Crippen MR) is 69.0 cm³/mol. The molecule has 0 saturated carbocycles. The number of hydrogen-bond donors (Lipinski definition) is 0. The van der Waals surface area contributed by atoms with E-state index in [1.54, 1.807) is 0 Å². The minimum Gasteiger partial charge on any atom is -0.494 e. The van der Waals surface area contributed by atoms with Crippen molar-refractivity contribution in [2.75, 3.05) is 38.3 Å². The van der Waals surface area contributed by atoms with Gasteiger partial charge in [-0.25, -0.2) is 8.78 Å². The minimum absolute atomic E-state index is 0.341. The molecule has 0 unspecified atom stereocenters. The second kappa shape index (κ2) is 5.18. The Balaban J connectivity index is 1.79. The van der Waals surface area contributed by atoms with Crippen LogP contribution >= 0.6 is 0 Å². The first-order chi connectivity index (χ1) is 9.63. The lowest BCUT2D eigenvalue weighted by Crippen LogP contribution is -2.45. The molecule has 0 aromatic heterocycles. The quantitative estimate of drug-likeness (QED) is 0.834. The van der Waals surface area contributed by atoms with Gasteiger partial charge in [0.05, 0.1) is 26.0 Å². The zero-order valence-corrected chi connectivity index (χ0v) is 11.3. The molecule has 0 amide bonds. The van der Waals surface area contributed by atoms with Crippen LogP contribution in [0.4, 0.5) is 14.5 Å². The number of methoxy groups -OCH3 is 1. The zero-order chi connectivity index (χ0) is 14.2. The molecule has 1 aromatic carbocycles. The summed E-state index contributed by atoms with van der Waals surface area (Å²) in [6, 6.07) is 2.26. The van der Waals surface area contributed by atoms with Crippen LogP contribution < -0.4 is 9.64 Å². The van der Waals surface area contributed by atoms with Gasteiger partial charge in [0.2, 0.25) is 0 Å². The molecule has 0 radical (unpaired) electrons. The normalized spacial score (nSPS) is 21.4. The Morgan fingerprint density at radius 3 is 2.30 bits per heavy atom. The van der Waals surface area contributed by atoms with Crippen LogP contribution in [-0.4, -0.2) is 39.2 Å². The van der Waals surface area contributed by atoms with Crippen LogP contribution in [0, 0.1) is 11.6 Å². The molecular weight excluding hydrogens is 268 g/mol. The van der Waals surface area contributed by atoms with E-state index < -0.39 is 17.4 Å². The van der Waals surface area contributed by atoms with E-state index in [4.69, 9.17) is 14.2 Å². The molecule has 0 atom stereocenters. The molecule has 2 aliphatic heterocycles. The molecule has 2 saturated heterocycles. The van der Waals surface area contributed by atoms with Crippen LogP contribution in [0.3, 0.4) is 0 Å². The summed E-state index contributed by atoms with van der Waals surface area (Å²) >= 11 is 0. The smallest absolute Gasteiger partial charge is 0.171 e. The van der Waals surface area contributed by atoms with Gasteiger partial charge in [-0.15, -0.1) is 0 Å². The summed E-state index contributed by atoms with van der Waals surface area (Å²) in [5.41, 5.74) is 0.569. The highest BCUT2D eigenvalue weighted by molar-refractivity contribution is 5.59. The van der Waals surface area contributed by atoms with E-state index in [0.29, 0.717) is 50.6 Å². The number of ether oxygens (including phenoxy) is 3. The Labute approximate surface area is 116 Å². The van der Waals surface area contributed by atoms with Crippen LogP contribution in [0.5, 0.6) is 5.75 Å². The van der Waals surface area contributed by atoms with E-state index >= 15 is 0 Å². The summed E-state index contributed by atoms with van der Waals surface area (Å²) in [6.45, 7) is 2.55. The third-order valence-electron chi connectivity index (χ3n) is 3.90. The number of nitrogens with zero attached hydrogens (tertiary/aromatic N) is 1. The molecule has 0 N–H and O–H groups in total. The molecule has 3 rings (SSSR count). The number of anilines is 1. The van der Waals surface area contributed by atoms with Crippen LogP contribution in [-0.2, 0) is 9.47 Å². The molecule has 4 nitrogen and oxygen atoms in total. The van der Waals surface area contributed by atoms with Gasteiger partial charge in [-0.1, -0.05) is 0 Å². The van der Waals surface area contributed by atoms with Crippen molar-refractivity contribution in [3.05, 3.63) is 23.8 Å². The van der Waals surface area contributed by atoms with Gasteiger partial charge in [-0.3, -0.25) is 0 Å². The third kappa shape index (κ3) is 2.33. The van der Waals surface area contributed by atoms with E-state index in [1.807, 2.05) is 4.90 Å². The first-order valence-corrected chi connectivity index (χ1v) is 6.69. The molecule has 110 valence electrons. The number of rotatable bonds is 2. The minimum atomic E-state index is -0.901. The Morgan fingerprint density at radius 1 is 1.10 bits per heavy atom. The molecule has 1 spiro atoms. The Morgan fingerprint density at radius 2 is 1.70 bits per heavy atom. The number of piperidine rings is 1. The fraction of sp³-hybridized carbons (Fsp3) is 0.571. The van der Waals surface area contributed by atoms with Crippen LogP contribution in [0.1, 0.15) is 12.8 Å². The molecule has 2 aliphatic rings. The second-order valence-electron chi connectivity index (χ2n) is 5.03. The first kappa shape index (κ1) is 13.6. The van der Waals surface area contributed by atoms with E-state index in [-0.39, 0.29) is 0 Å². The van der Waals surface area contributed by atoms with Gasteiger partial charge < -0.3 is 19.1 Å². The lowest BCUT2D eigenvalue weighted by atomic mass is 10.0. The summed E-state index contributed by atoms with van der Waals surface area (Å²) in [5.74, 6) is -1.91. The van der Waals surface area contributed by atoms with Gasteiger partial charge in [0.25, 0.3) is 0 Å². The zero-order valence-electron chi connectivity index (χ0n) is 11.3. The highest BCUT2D eigenvalue weighted by Gasteiger charge is 2.40. The summed E-state index contributed by atoms with van der Waals surface area (Å²) in [7, 11) is 1.45. The molecule has 1 aromatic rings. The van der Waals surface area contributed by atoms with Gasteiger partial charge in [0, 0.05) is 38.1 Å². The van der Waals surface area contributed by atoms with E-state index in [1.165, 1.54) is 13.2 Å². The van der Waals surface area contributed by atoms with Gasteiger partial charge in [0.1, 0.15) is 5.75 Å². The average Bonchev–Trinajstić information content (AvgIpc) is 2.91. The monoisotopic (exact) mass is 285 g/mol. The van der Waals surface area contributed by atoms with Crippen LogP contribution in [0.2, 0.25) is 0 Å². The van der Waals surface area contributed by atoms with Crippen molar-refractivity contribution in [2.45, 2.75) is 18.6 Å². The predicted octanol–water partition coefficient (Wildman–Crippen LogP) is 2.32. The van der Waals surface area contributed by atoms with Crippen LogP contribution in [0.15, 0.2) is 12.1 Å².